The molecule has 0 saturated carbocycles. The third-order valence-corrected chi connectivity index (χ3v) is 5.32. The van der Waals surface area contributed by atoms with Crippen LogP contribution in [0.5, 0.6) is 0 Å². The van der Waals surface area contributed by atoms with E-state index >= 15 is 0 Å². The number of nitrogens with two attached hydrogens (primary N) is 1. The van der Waals surface area contributed by atoms with E-state index in [9.17, 15) is 4.79 Å². The van der Waals surface area contributed by atoms with Crippen LogP contribution in [0.15, 0.2) is 28.8 Å². The summed E-state index contributed by atoms with van der Waals surface area (Å²) in [6.07, 6.45) is 3.49. The van der Waals surface area contributed by atoms with Gasteiger partial charge in [-0.05, 0) is 31.4 Å². The van der Waals surface area contributed by atoms with Crippen molar-refractivity contribution < 1.29 is 14.1 Å². The molecule has 0 bridgehead atoms. The first kappa shape index (κ1) is 18.5. The number of amidine groups is 1. The number of aromatic nitrogens is 1. The van der Waals surface area contributed by atoms with Crippen LogP contribution < -0.4 is 10.6 Å². The lowest BCUT2D eigenvalue weighted by atomic mass is 10.0. The average Bonchev–Trinajstić information content (AvgIpc) is 3.24. The van der Waals surface area contributed by atoms with Gasteiger partial charge in [0.2, 0.25) is 5.76 Å². The molecule has 0 aliphatic carbocycles. The van der Waals surface area contributed by atoms with E-state index < -0.39 is 5.91 Å². The van der Waals surface area contributed by atoms with Crippen molar-refractivity contribution in [2.24, 2.45) is 5.73 Å². The molecule has 2 saturated heterocycles. The molecule has 8 heteroatoms. The van der Waals surface area contributed by atoms with Gasteiger partial charge in [-0.3, -0.25) is 10.2 Å². The van der Waals surface area contributed by atoms with E-state index in [1.807, 2.05) is 18.2 Å². The van der Waals surface area contributed by atoms with Crippen LogP contribution in [-0.2, 0) is 4.74 Å². The van der Waals surface area contributed by atoms with Gasteiger partial charge < -0.3 is 24.8 Å². The minimum atomic E-state index is -0.643. The summed E-state index contributed by atoms with van der Waals surface area (Å²) in [6, 6.07) is 7.49. The van der Waals surface area contributed by atoms with Gasteiger partial charge in [0.25, 0.3) is 5.91 Å². The number of hydrogen-bond acceptors (Lipinski definition) is 6. The van der Waals surface area contributed by atoms with E-state index in [-0.39, 0.29) is 5.76 Å². The number of hydrogen-bond donors (Lipinski definition) is 2. The summed E-state index contributed by atoms with van der Waals surface area (Å²) in [5, 5.41) is 12.7. The molecular formula is C20H25N5O3. The highest BCUT2D eigenvalue weighted by Gasteiger charge is 2.22. The maximum atomic E-state index is 11.4. The second-order valence-electron chi connectivity index (χ2n) is 7.17. The van der Waals surface area contributed by atoms with Gasteiger partial charge >= 0.3 is 0 Å². The number of morpholine rings is 1. The van der Waals surface area contributed by atoms with Crippen LogP contribution in [-0.4, -0.2) is 61.2 Å². The fourth-order valence-corrected chi connectivity index (χ4v) is 3.78. The summed E-state index contributed by atoms with van der Waals surface area (Å²) in [4.78, 5) is 15.7. The summed E-state index contributed by atoms with van der Waals surface area (Å²) >= 11 is 0. The van der Waals surface area contributed by atoms with Crippen LogP contribution in [0.3, 0.4) is 0 Å². The highest BCUT2D eigenvalue weighted by molar-refractivity contribution is 5.99. The molecule has 2 aliphatic rings. The predicted molar refractivity (Wildman–Crippen MR) is 106 cm³/mol. The Bertz CT molecular complexity index is 866. The van der Waals surface area contributed by atoms with Crippen LogP contribution in [0.25, 0.3) is 11.3 Å². The van der Waals surface area contributed by atoms with Gasteiger partial charge in [0.15, 0.2) is 0 Å². The van der Waals surface area contributed by atoms with E-state index in [0.29, 0.717) is 24.7 Å². The first-order chi connectivity index (χ1) is 13.6. The first-order valence-corrected chi connectivity index (χ1v) is 9.71. The molecule has 3 N–H and O–H groups in total. The van der Waals surface area contributed by atoms with E-state index in [1.54, 1.807) is 6.07 Å². The number of primary amides is 1. The molecule has 0 radical (unpaired) electrons. The fourth-order valence-electron chi connectivity index (χ4n) is 3.78. The summed E-state index contributed by atoms with van der Waals surface area (Å²) in [6.45, 7) is 4.68. The number of carbonyl (C=O) groups is 1. The van der Waals surface area contributed by atoms with Gasteiger partial charge in [0.1, 0.15) is 11.5 Å². The van der Waals surface area contributed by atoms with Crippen molar-refractivity contribution in [1.82, 2.24) is 10.1 Å². The first-order valence-electron chi connectivity index (χ1n) is 9.71. The molecule has 1 aromatic carbocycles. The van der Waals surface area contributed by atoms with Crippen LogP contribution in [0, 0.1) is 5.41 Å². The predicted octanol–water partition coefficient (Wildman–Crippen LogP) is 2.09. The Labute approximate surface area is 163 Å². The highest BCUT2D eigenvalue weighted by atomic mass is 16.5. The number of anilines is 1. The lowest BCUT2D eigenvalue weighted by molar-refractivity contribution is 0.0965. The van der Waals surface area contributed by atoms with E-state index in [2.05, 4.69) is 15.0 Å². The molecule has 28 heavy (non-hydrogen) atoms. The van der Waals surface area contributed by atoms with Crippen LogP contribution >= 0.6 is 0 Å². The Morgan fingerprint density at radius 2 is 1.82 bits per heavy atom. The molecule has 0 unspecified atom stereocenters. The van der Waals surface area contributed by atoms with Gasteiger partial charge in [-0.25, -0.2) is 0 Å². The molecule has 1 aromatic heterocycles. The molecule has 0 spiro atoms. The van der Waals surface area contributed by atoms with Crippen molar-refractivity contribution in [1.29, 1.82) is 5.41 Å². The topological polar surface area (TPSA) is 109 Å². The van der Waals surface area contributed by atoms with Gasteiger partial charge in [0.05, 0.1) is 13.2 Å². The Kier molecular flexibility index (Phi) is 5.29. The SMILES string of the molecule is N=C(c1ccc(-c2cc(C(N)=O)on2)c(N2CCOCC2)c1)N1CCCCC1. The number of piperidine rings is 1. The molecule has 148 valence electrons. The Balaban J connectivity index is 1.70. The smallest absolute Gasteiger partial charge is 0.287 e. The van der Waals surface area contributed by atoms with E-state index in [1.165, 1.54) is 6.42 Å². The van der Waals surface area contributed by atoms with Crippen molar-refractivity contribution in [2.75, 3.05) is 44.3 Å². The lowest BCUT2D eigenvalue weighted by Gasteiger charge is -2.32. The van der Waals surface area contributed by atoms with Gasteiger partial charge in [0, 0.05) is 49.1 Å². The minimum Gasteiger partial charge on any atom is -0.378 e. The largest absolute Gasteiger partial charge is 0.378 e. The Hall–Kier alpha value is -2.87. The summed E-state index contributed by atoms with van der Waals surface area (Å²) in [7, 11) is 0. The second-order valence-corrected chi connectivity index (χ2v) is 7.17. The van der Waals surface area contributed by atoms with Crippen molar-refractivity contribution >= 4 is 17.4 Å². The number of carbonyl (C=O) groups excluding carboxylic acids is 1. The van der Waals surface area contributed by atoms with Crippen molar-refractivity contribution in [3.05, 3.63) is 35.6 Å². The van der Waals surface area contributed by atoms with Crippen LogP contribution in [0.4, 0.5) is 5.69 Å². The summed E-state index contributed by atoms with van der Waals surface area (Å²) < 4.78 is 10.6. The molecule has 0 atom stereocenters. The van der Waals surface area contributed by atoms with Crippen molar-refractivity contribution in [3.8, 4) is 11.3 Å². The third-order valence-electron chi connectivity index (χ3n) is 5.32. The number of benzene rings is 1. The molecule has 3 heterocycles. The molecule has 4 rings (SSSR count). The third kappa shape index (κ3) is 3.73. The zero-order valence-electron chi connectivity index (χ0n) is 15.8. The highest BCUT2D eigenvalue weighted by Crippen LogP contribution is 2.33. The molecule has 1 amide bonds. The molecule has 2 aliphatic heterocycles. The maximum Gasteiger partial charge on any atom is 0.287 e. The molecule has 8 nitrogen and oxygen atoms in total. The lowest BCUT2D eigenvalue weighted by Crippen LogP contribution is -2.37. The van der Waals surface area contributed by atoms with E-state index in [0.717, 1.165) is 55.8 Å². The number of amides is 1. The monoisotopic (exact) mass is 383 g/mol. The van der Waals surface area contributed by atoms with Crippen molar-refractivity contribution in [3.63, 3.8) is 0 Å². The molecule has 2 aromatic rings. The fraction of sp³-hybridized carbons (Fsp3) is 0.450. The minimum absolute atomic E-state index is 0.0352. The zero-order chi connectivity index (χ0) is 19.5. The molecular weight excluding hydrogens is 358 g/mol. The summed E-state index contributed by atoms with van der Waals surface area (Å²) in [5.41, 5.74) is 8.56. The standard InChI is InChI=1S/C20H25N5O3/c21-19(25-6-2-1-3-7-25)14-4-5-15(16-13-18(20(22)26)28-23-16)17(12-14)24-8-10-27-11-9-24/h4-5,12-13,21H,1-3,6-11H2,(H2,22,26). The van der Waals surface area contributed by atoms with Crippen LogP contribution in [0.1, 0.15) is 35.4 Å². The van der Waals surface area contributed by atoms with Gasteiger partial charge in [-0.15, -0.1) is 0 Å². The number of rotatable bonds is 4. The number of likely N-dealkylation sites (tertiary alicyclic amines) is 1. The summed E-state index contributed by atoms with van der Waals surface area (Å²) in [5.74, 6) is -0.0537. The van der Waals surface area contributed by atoms with Crippen LogP contribution in [0.2, 0.25) is 0 Å². The Morgan fingerprint density at radius 3 is 2.50 bits per heavy atom. The Morgan fingerprint density at radius 1 is 1.07 bits per heavy atom. The average molecular weight is 383 g/mol. The van der Waals surface area contributed by atoms with Crippen molar-refractivity contribution in [2.45, 2.75) is 19.3 Å². The van der Waals surface area contributed by atoms with Gasteiger partial charge in [-0.2, -0.15) is 0 Å². The number of nitrogens with one attached hydrogen (secondary N) is 1. The number of ether oxygens (including phenoxy) is 1. The van der Waals surface area contributed by atoms with E-state index in [4.69, 9.17) is 20.4 Å². The van der Waals surface area contributed by atoms with Gasteiger partial charge in [-0.1, -0.05) is 11.2 Å². The second kappa shape index (κ2) is 8.02. The molecule has 2 fully saturated rings. The quantitative estimate of drug-likeness (QED) is 0.618. The normalized spacial score (nSPS) is 17.6. The number of nitrogens with zero attached hydrogens (tertiary/aromatic N) is 3. The maximum absolute atomic E-state index is 11.4. The zero-order valence-corrected chi connectivity index (χ0v) is 15.8.